The second-order valence-electron chi connectivity index (χ2n) is 12.3. The molecule has 1 amide bonds. The molecule has 6 rings (SSSR count). The van der Waals surface area contributed by atoms with Crippen LogP contribution in [0, 0.1) is 5.92 Å². The van der Waals surface area contributed by atoms with Crippen molar-refractivity contribution in [3.8, 4) is 11.1 Å². The first-order valence-corrected chi connectivity index (χ1v) is 15.5. The van der Waals surface area contributed by atoms with E-state index in [1.54, 1.807) is 14.0 Å². The molecule has 1 fully saturated rings. The standard InChI is InChI=1S/C34H43N7O2/c1-20(2)29(40-43-4)19-25(7-5-15-35)33-37-28-14-11-24-17-22(9-12-26(24)32(28)39-33)23-10-13-27-30(18-23)38-34(36-27)31-8-6-16-41(31)21(3)42/h9-14,17-18,20,25,29,31,40H,5-8,15-16,19,35H2,1-4H3,(H,36,38)(H,37,39)/t25?,29-,31+/m1/s1. The Hall–Kier alpha value is -3.79. The molecule has 0 aliphatic carbocycles. The molecular weight excluding hydrogens is 538 g/mol. The molecule has 1 aliphatic rings. The van der Waals surface area contributed by atoms with Gasteiger partial charge in [0.15, 0.2) is 0 Å². The second-order valence-corrected chi connectivity index (χ2v) is 12.3. The van der Waals surface area contributed by atoms with Crippen molar-refractivity contribution in [2.45, 2.75) is 70.9 Å². The lowest BCUT2D eigenvalue weighted by Gasteiger charge is -2.25. The number of carbonyl (C=O) groups excluding carboxylic acids is 1. The molecule has 0 spiro atoms. The third kappa shape index (κ3) is 5.89. The number of hydrogen-bond donors (Lipinski definition) is 4. The van der Waals surface area contributed by atoms with Crippen LogP contribution >= 0.6 is 0 Å². The average Bonchev–Trinajstić information content (AvgIpc) is 3.76. The number of fused-ring (bicyclic) bond motifs is 4. The second kappa shape index (κ2) is 12.4. The number of imidazole rings is 2. The molecule has 3 atom stereocenters. The van der Waals surface area contributed by atoms with Crippen LogP contribution in [0.1, 0.15) is 76.5 Å². The summed E-state index contributed by atoms with van der Waals surface area (Å²) in [4.78, 5) is 36.5. The number of rotatable bonds is 11. The number of carbonyl (C=O) groups is 1. The molecule has 2 aromatic heterocycles. The Balaban J connectivity index is 1.30. The number of hydroxylamine groups is 1. The summed E-state index contributed by atoms with van der Waals surface area (Å²) < 4.78 is 0. The third-order valence-electron chi connectivity index (χ3n) is 9.05. The minimum atomic E-state index is 0.0255. The van der Waals surface area contributed by atoms with Crippen LogP contribution < -0.4 is 11.2 Å². The van der Waals surface area contributed by atoms with Crippen molar-refractivity contribution in [2.75, 3.05) is 20.2 Å². The van der Waals surface area contributed by atoms with E-state index in [2.05, 4.69) is 77.8 Å². The zero-order chi connectivity index (χ0) is 30.1. The summed E-state index contributed by atoms with van der Waals surface area (Å²) in [7, 11) is 1.68. The number of nitrogens with one attached hydrogen (secondary N) is 3. The summed E-state index contributed by atoms with van der Waals surface area (Å²) in [5.74, 6) is 2.66. The van der Waals surface area contributed by atoms with Crippen molar-refractivity contribution in [3.63, 3.8) is 0 Å². The van der Waals surface area contributed by atoms with E-state index in [1.807, 2.05) is 4.90 Å². The number of nitrogens with two attached hydrogens (primary N) is 1. The van der Waals surface area contributed by atoms with Crippen LogP contribution in [0.5, 0.6) is 0 Å². The fourth-order valence-electron chi connectivity index (χ4n) is 6.63. The van der Waals surface area contributed by atoms with E-state index >= 15 is 0 Å². The Kier molecular flexibility index (Phi) is 8.47. The molecular formula is C34H43N7O2. The molecule has 0 bridgehead atoms. The smallest absolute Gasteiger partial charge is 0.220 e. The van der Waals surface area contributed by atoms with Crippen molar-refractivity contribution in [2.24, 2.45) is 11.7 Å². The van der Waals surface area contributed by atoms with E-state index in [9.17, 15) is 4.79 Å². The van der Waals surface area contributed by atoms with Gasteiger partial charge in [-0.3, -0.25) is 4.79 Å². The molecule has 3 heterocycles. The van der Waals surface area contributed by atoms with Gasteiger partial charge in [0.25, 0.3) is 0 Å². The Labute approximate surface area is 252 Å². The molecule has 5 N–H and O–H groups in total. The molecule has 3 aromatic carbocycles. The van der Waals surface area contributed by atoms with Gasteiger partial charge >= 0.3 is 0 Å². The van der Waals surface area contributed by atoms with Crippen LogP contribution in [-0.4, -0.2) is 57.0 Å². The summed E-state index contributed by atoms with van der Waals surface area (Å²) in [5, 5.41) is 2.28. The fourth-order valence-corrected chi connectivity index (χ4v) is 6.63. The van der Waals surface area contributed by atoms with Crippen LogP contribution in [0.15, 0.2) is 48.5 Å². The summed E-state index contributed by atoms with van der Waals surface area (Å²) in [6.07, 6.45) is 4.78. The zero-order valence-electron chi connectivity index (χ0n) is 25.6. The quantitative estimate of drug-likeness (QED) is 0.135. The lowest BCUT2D eigenvalue weighted by Crippen LogP contribution is -2.34. The van der Waals surface area contributed by atoms with Crippen LogP contribution in [0.25, 0.3) is 44.0 Å². The first kappa shape index (κ1) is 29.3. The number of benzene rings is 3. The highest BCUT2D eigenvalue weighted by atomic mass is 16.6. The van der Waals surface area contributed by atoms with Crippen molar-refractivity contribution in [3.05, 3.63) is 60.2 Å². The molecule has 0 radical (unpaired) electrons. The molecule has 9 heteroatoms. The monoisotopic (exact) mass is 581 g/mol. The van der Waals surface area contributed by atoms with Gasteiger partial charge in [0, 0.05) is 30.8 Å². The molecule has 43 heavy (non-hydrogen) atoms. The maximum absolute atomic E-state index is 12.1. The lowest BCUT2D eigenvalue weighted by molar-refractivity contribution is -0.129. The Morgan fingerprint density at radius 2 is 1.91 bits per heavy atom. The highest BCUT2D eigenvalue weighted by Crippen LogP contribution is 2.35. The van der Waals surface area contributed by atoms with Crippen molar-refractivity contribution >= 4 is 38.7 Å². The predicted octanol–water partition coefficient (Wildman–Crippen LogP) is 6.33. The zero-order valence-corrected chi connectivity index (χ0v) is 25.6. The number of amides is 1. The van der Waals surface area contributed by atoms with Crippen LogP contribution in [-0.2, 0) is 9.63 Å². The highest BCUT2D eigenvalue weighted by Gasteiger charge is 2.30. The molecule has 1 aliphatic heterocycles. The van der Waals surface area contributed by atoms with Gasteiger partial charge in [-0.05, 0) is 85.3 Å². The average molecular weight is 582 g/mol. The van der Waals surface area contributed by atoms with E-state index in [1.165, 1.54) is 0 Å². The SMILES string of the molecule is CON[C@H](CC(CCCN)c1nc2c(ccc3cc(-c4ccc5nc([C@@H]6CCCN6C(C)=O)[nH]c5c4)ccc32)[nH]1)C(C)C. The minimum Gasteiger partial charge on any atom is -0.342 e. The van der Waals surface area contributed by atoms with E-state index < -0.39 is 0 Å². The molecule has 9 nitrogen and oxygen atoms in total. The summed E-state index contributed by atoms with van der Waals surface area (Å²) >= 11 is 0. The van der Waals surface area contributed by atoms with E-state index in [0.717, 1.165) is 94.3 Å². The Morgan fingerprint density at radius 1 is 1.09 bits per heavy atom. The molecule has 0 saturated carbocycles. The maximum atomic E-state index is 12.1. The summed E-state index contributed by atoms with van der Waals surface area (Å²) in [6, 6.07) is 17.5. The van der Waals surface area contributed by atoms with Gasteiger partial charge in [0.2, 0.25) is 5.91 Å². The van der Waals surface area contributed by atoms with Gasteiger partial charge in [-0.25, -0.2) is 9.97 Å². The van der Waals surface area contributed by atoms with Gasteiger partial charge in [0.1, 0.15) is 11.6 Å². The van der Waals surface area contributed by atoms with Gasteiger partial charge in [0.05, 0.1) is 35.2 Å². The van der Waals surface area contributed by atoms with E-state index in [0.29, 0.717) is 12.5 Å². The lowest BCUT2D eigenvalue weighted by atomic mass is 9.89. The molecule has 1 unspecified atom stereocenters. The predicted molar refractivity (Wildman–Crippen MR) is 172 cm³/mol. The third-order valence-corrected chi connectivity index (χ3v) is 9.05. The number of nitrogens with zero attached hydrogens (tertiary/aromatic N) is 3. The molecule has 5 aromatic rings. The first-order chi connectivity index (χ1) is 20.9. The number of H-pyrrole nitrogens is 2. The van der Waals surface area contributed by atoms with Gasteiger partial charge < -0.3 is 25.4 Å². The number of aromatic nitrogens is 4. The van der Waals surface area contributed by atoms with Crippen molar-refractivity contribution in [1.29, 1.82) is 0 Å². The minimum absolute atomic E-state index is 0.0255. The fraction of sp³-hybridized carbons (Fsp3) is 0.441. The largest absolute Gasteiger partial charge is 0.342 e. The maximum Gasteiger partial charge on any atom is 0.220 e. The number of aromatic amines is 2. The van der Waals surface area contributed by atoms with Gasteiger partial charge in [-0.2, -0.15) is 5.48 Å². The van der Waals surface area contributed by atoms with Crippen LogP contribution in [0.3, 0.4) is 0 Å². The normalized spacial score (nSPS) is 17.1. The summed E-state index contributed by atoms with van der Waals surface area (Å²) in [6.45, 7) is 7.51. The molecule has 1 saturated heterocycles. The first-order valence-electron chi connectivity index (χ1n) is 15.5. The van der Waals surface area contributed by atoms with E-state index in [4.69, 9.17) is 20.5 Å². The van der Waals surface area contributed by atoms with Crippen LogP contribution in [0.2, 0.25) is 0 Å². The highest BCUT2D eigenvalue weighted by molar-refractivity contribution is 6.05. The summed E-state index contributed by atoms with van der Waals surface area (Å²) in [5.41, 5.74) is 15.3. The van der Waals surface area contributed by atoms with Crippen molar-refractivity contribution in [1.82, 2.24) is 30.3 Å². The van der Waals surface area contributed by atoms with Gasteiger partial charge in [-0.1, -0.05) is 38.1 Å². The Bertz CT molecular complexity index is 1740. The number of hydrogen-bond acceptors (Lipinski definition) is 6. The topological polar surface area (TPSA) is 125 Å². The van der Waals surface area contributed by atoms with Crippen molar-refractivity contribution < 1.29 is 9.63 Å². The van der Waals surface area contributed by atoms with Crippen LogP contribution in [0.4, 0.5) is 0 Å². The Morgan fingerprint density at radius 3 is 2.67 bits per heavy atom. The van der Waals surface area contributed by atoms with Gasteiger partial charge in [-0.15, -0.1) is 0 Å². The van der Waals surface area contributed by atoms with E-state index in [-0.39, 0.29) is 23.9 Å². The number of likely N-dealkylation sites (tertiary alicyclic amines) is 1. The molecule has 226 valence electrons.